The highest BCUT2D eigenvalue weighted by Crippen LogP contribution is 2.44. The van der Waals surface area contributed by atoms with E-state index in [1.807, 2.05) is 30.3 Å². The van der Waals surface area contributed by atoms with Crippen molar-refractivity contribution in [3.63, 3.8) is 0 Å². The Hall–Kier alpha value is -2.95. The average Bonchev–Trinajstić information content (AvgIpc) is 2.53. The van der Waals surface area contributed by atoms with Gasteiger partial charge in [0, 0.05) is 6.07 Å². The number of phenols is 2. The summed E-state index contributed by atoms with van der Waals surface area (Å²) in [5, 5.41) is 19.9. The Morgan fingerprint density at radius 3 is 2.36 bits per heavy atom. The van der Waals surface area contributed by atoms with E-state index in [1.165, 1.54) is 26.4 Å². The number of hydrogen-bond donors (Lipinski definition) is 2. The lowest BCUT2D eigenvalue weighted by Gasteiger charge is -2.13. The number of ketones is 1. The number of benzene rings is 2. The number of methoxy groups -OCH3 is 2. The van der Waals surface area contributed by atoms with Gasteiger partial charge in [-0.15, -0.1) is 0 Å². The lowest BCUT2D eigenvalue weighted by atomic mass is 10.1. The highest BCUT2D eigenvalue weighted by atomic mass is 16.5. The van der Waals surface area contributed by atoms with Gasteiger partial charge >= 0.3 is 0 Å². The maximum Gasteiger partial charge on any atom is 0.203 e. The number of carbonyl (C=O) groups is 1. The zero-order valence-electron chi connectivity index (χ0n) is 12.2. The van der Waals surface area contributed by atoms with Crippen molar-refractivity contribution in [1.29, 1.82) is 0 Å². The highest BCUT2D eigenvalue weighted by Gasteiger charge is 2.22. The van der Waals surface area contributed by atoms with Crippen molar-refractivity contribution >= 4 is 11.9 Å². The monoisotopic (exact) mass is 300 g/mol. The van der Waals surface area contributed by atoms with Gasteiger partial charge in [0.25, 0.3) is 0 Å². The van der Waals surface area contributed by atoms with Crippen LogP contribution in [0, 0.1) is 0 Å². The highest BCUT2D eigenvalue weighted by molar-refractivity contribution is 6.11. The van der Waals surface area contributed by atoms with Crippen LogP contribution < -0.4 is 9.47 Å². The first kappa shape index (κ1) is 15.4. The van der Waals surface area contributed by atoms with Gasteiger partial charge in [0.2, 0.25) is 5.75 Å². The molecule has 0 bridgehead atoms. The van der Waals surface area contributed by atoms with E-state index in [2.05, 4.69) is 0 Å². The van der Waals surface area contributed by atoms with Crippen molar-refractivity contribution in [3.8, 4) is 23.0 Å². The molecule has 22 heavy (non-hydrogen) atoms. The first-order valence-electron chi connectivity index (χ1n) is 6.52. The van der Waals surface area contributed by atoms with Crippen molar-refractivity contribution < 1.29 is 24.5 Å². The molecule has 114 valence electrons. The quantitative estimate of drug-likeness (QED) is 0.655. The minimum atomic E-state index is -0.462. The van der Waals surface area contributed by atoms with E-state index in [4.69, 9.17) is 9.47 Å². The standard InChI is InChI=1S/C17H16O5/c1-21-14-10-13(19)17(22-2)16(20)15(14)12(18)9-8-11-6-4-3-5-7-11/h3-10,19-20H,1-2H3/b9-8+. The third-order valence-corrected chi connectivity index (χ3v) is 3.10. The molecule has 2 N–H and O–H groups in total. The van der Waals surface area contributed by atoms with Gasteiger partial charge in [-0.2, -0.15) is 0 Å². The molecule has 0 aliphatic rings. The van der Waals surface area contributed by atoms with Crippen molar-refractivity contribution in [3.05, 3.63) is 53.6 Å². The van der Waals surface area contributed by atoms with Gasteiger partial charge < -0.3 is 19.7 Å². The van der Waals surface area contributed by atoms with E-state index in [9.17, 15) is 15.0 Å². The Labute approximate surface area is 128 Å². The predicted octanol–water partition coefficient (Wildman–Crippen LogP) is 3.01. The van der Waals surface area contributed by atoms with Crippen LogP contribution in [0.3, 0.4) is 0 Å². The maximum absolute atomic E-state index is 12.3. The Morgan fingerprint density at radius 2 is 1.77 bits per heavy atom. The van der Waals surface area contributed by atoms with Crippen LogP contribution in [0.2, 0.25) is 0 Å². The summed E-state index contributed by atoms with van der Waals surface area (Å²) in [6.07, 6.45) is 2.95. The summed E-state index contributed by atoms with van der Waals surface area (Å²) in [6, 6.07) is 10.5. The smallest absolute Gasteiger partial charge is 0.203 e. The summed E-state index contributed by atoms with van der Waals surface area (Å²) in [5.74, 6) is -1.32. The molecule has 0 atom stereocenters. The second kappa shape index (κ2) is 6.67. The summed E-state index contributed by atoms with van der Waals surface area (Å²) in [4.78, 5) is 12.3. The molecule has 5 heteroatoms. The molecule has 0 aromatic heterocycles. The predicted molar refractivity (Wildman–Crippen MR) is 82.7 cm³/mol. The average molecular weight is 300 g/mol. The molecular formula is C17H16O5. The third kappa shape index (κ3) is 3.03. The molecular weight excluding hydrogens is 284 g/mol. The molecule has 0 radical (unpaired) electrons. The summed E-state index contributed by atoms with van der Waals surface area (Å²) < 4.78 is 9.95. The molecule has 2 aromatic rings. The second-order valence-electron chi connectivity index (χ2n) is 4.46. The maximum atomic E-state index is 12.3. The fraction of sp³-hybridized carbons (Fsp3) is 0.118. The lowest BCUT2D eigenvalue weighted by molar-refractivity contribution is 0.104. The molecule has 2 aromatic carbocycles. The minimum Gasteiger partial charge on any atom is -0.504 e. The van der Waals surface area contributed by atoms with Crippen molar-refractivity contribution in [2.75, 3.05) is 14.2 Å². The molecule has 0 saturated heterocycles. The molecule has 0 fully saturated rings. The van der Waals surface area contributed by atoms with Gasteiger partial charge in [-0.3, -0.25) is 4.79 Å². The number of allylic oxidation sites excluding steroid dienone is 1. The van der Waals surface area contributed by atoms with Crippen LogP contribution in [0.25, 0.3) is 6.08 Å². The number of ether oxygens (including phenoxy) is 2. The largest absolute Gasteiger partial charge is 0.504 e. The van der Waals surface area contributed by atoms with Crippen LogP contribution in [0.15, 0.2) is 42.5 Å². The Balaban J connectivity index is 2.43. The Bertz CT molecular complexity index is 705. The normalized spacial score (nSPS) is 10.6. The van der Waals surface area contributed by atoms with E-state index in [0.717, 1.165) is 5.56 Å². The van der Waals surface area contributed by atoms with Gasteiger partial charge in [-0.25, -0.2) is 0 Å². The van der Waals surface area contributed by atoms with Crippen molar-refractivity contribution in [1.82, 2.24) is 0 Å². The fourth-order valence-electron chi connectivity index (χ4n) is 2.03. The van der Waals surface area contributed by atoms with E-state index in [0.29, 0.717) is 0 Å². The lowest BCUT2D eigenvalue weighted by Crippen LogP contribution is -2.01. The van der Waals surface area contributed by atoms with Crippen LogP contribution >= 0.6 is 0 Å². The summed E-state index contributed by atoms with van der Waals surface area (Å²) in [6.45, 7) is 0. The van der Waals surface area contributed by atoms with Gasteiger partial charge in [0.1, 0.15) is 11.3 Å². The Kier molecular flexibility index (Phi) is 4.68. The Morgan fingerprint density at radius 1 is 1.09 bits per heavy atom. The van der Waals surface area contributed by atoms with E-state index >= 15 is 0 Å². The van der Waals surface area contributed by atoms with Crippen LogP contribution in [0.4, 0.5) is 0 Å². The SMILES string of the molecule is COc1cc(O)c(OC)c(O)c1C(=O)/C=C/c1ccccc1. The summed E-state index contributed by atoms with van der Waals surface area (Å²) in [5.41, 5.74) is 0.782. The number of aromatic hydroxyl groups is 2. The van der Waals surface area contributed by atoms with Crippen molar-refractivity contribution in [2.24, 2.45) is 0 Å². The number of hydrogen-bond acceptors (Lipinski definition) is 5. The first-order valence-corrected chi connectivity index (χ1v) is 6.52. The van der Waals surface area contributed by atoms with E-state index in [1.54, 1.807) is 6.08 Å². The number of carbonyl (C=O) groups excluding carboxylic acids is 1. The van der Waals surface area contributed by atoms with Crippen molar-refractivity contribution in [2.45, 2.75) is 0 Å². The molecule has 2 rings (SSSR count). The fourth-order valence-corrected chi connectivity index (χ4v) is 2.03. The van der Waals surface area contributed by atoms with E-state index in [-0.39, 0.29) is 22.8 Å². The van der Waals surface area contributed by atoms with Crippen LogP contribution in [0.5, 0.6) is 23.0 Å². The van der Waals surface area contributed by atoms with Gasteiger partial charge in [0.05, 0.1) is 14.2 Å². The zero-order chi connectivity index (χ0) is 16.1. The molecule has 0 saturated carbocycles. The molecule has 5 nitrogen and oxygen atoms in total. The van der Waals surface area contributed by atoms with Gasteiger partial charge in [-0.1, -0.05) is 36.4 Å². The molecule has 0 heterocycles. The van der Waals surface area contributed by atoms with Crippen LogP contribution in [-0.4, -0.2) is 30.2 Å². The number of phenolic OH excluding ortho intramolecular Hbond substituents is 2. The van der Waals surface area contributed by atoms with Gasteiger partial charge in [-0.05, 0) is 11.6 Å². The molecule has 0 spiro atoms. The number of rotatable bonds is 5. The molecule has 0 aliphatic heterocycles. The molecule has 0 aliphatic carbocycles. The van der Waals surface area contributed by atoms with Crippen LogP contribution in [-0.2, 0) is 0 Å². The third-order valence-electron chi connectivity index (χ3n) is 3.10. The second-order valence-corrected chi connectivity index (χ2v) is 4.46. The summed E-state index contributed by atoms with van der Waals surface area (Å²) in [7, 11) is 2.63. The van der Waals surface area contributed by atoms with Crippen LogP contribution in [0.1, 0.15) is 15.9 Å². The molecule has 0 amide bonds. The minimum absolute atomic E-state index is 0.0654. The summed E-state index contributed by atoms with van der Waals surface area (Å²) >= 11 is 0. The zero-order valence-corrected chi connectivity index (χ0v) is 12.2. The van der Waals surface area contributed by atoms with Gasteiger partial charge in [0.15, 0.2) is 17.3 Å². The topological polar surface area (TPSA) is 76.0 Å². The first-order chi connectivity index (χ1) is 10.6. The van der Waals surface area contributed by atoms with E-state index < -0.39 is 11.5 Å². The molecule has 0 unspecified atom stereocenters.